The molecule has 0 fully saturated rings. The van der Waals surface area contributed by atoms with Crippen LogP contribution in [-0.2, 0) is 0 Å². The zero-order valence-electron chi connectivity index (χ0n) is 15.3. The minimum absolute atomic E-state index is 0.156. The van der Waals surface area contributed by atoms with E-state index in [4.69, 9.17) is 4.74 Å². The van der Waals surface area contributed by atoms with E-state index in [0.717, 1.165) is 21.9 Å². The number of benzene rings is 2. The van der Waals surface area contributed by atoms with Gasteiger partial charge < -0.3 is 10.1 Å². The number of amides is 1. The summed E-state index contributed by atoms with van der Waals surface area (Å²) in [5, 5.41) is 12.2. The molecule has 0 saturated carbocycles. The quantitative estimate of drug-likeness (QED) is 0.520. The summed E-state index contributed by atoms with van der Waals surface area (Å²) in [6.07, 6.45) is 3.59. The van der Waals surface area contributed by atoms with Crippen LogP contribution in [-0.4, -0.2) is 34.4 Å². The monoisotopic (exact) mass is 374 g/mol. The molecule has 2 aromatic heterocycles. The zero-order chi connectivity index (χ0) is 19.3. The molecule has 0 unspecified atom stereocenters. The Morgan fingerprint density at radius 1 is 1.07 bits per heavy atom. The highest BCUT2D eigenvalue weighted by molar-refractivity contribution is 5.99. The lowest BCUT2D eigenvalue weighted by Crippen LogP contribution is -2.28. The Balaban J connectivity index is 1.41. The molecule has 0 aliphatic rings. The molecule has 1 N–H and O–H groups in total. The van der Waals surface area contributed by atoms with E-state index in [9.17, 15) is 4.79 Å². The first kappa shape index (κ1) is 17.7. The summed E-state index contributed by atoms with van der Waals surface area (Å²) in [5.74, 6) is 0.182. The Morgan fingerprint density at radius 2 is 1.93 bits per heavy atom. The Kier molecular flexibility index (Phi) is 4.97. The molecule has 1 amide bonds. The molecule has 2 aromatic carbocycles. The van der Waals surface area contributed by atoms with Gasteiger partial charge in [-0.3, -0.25) is 9.78 Å². The van der Waals surface area contributed by atoms with Crippen molar-refractivity contribution in [3.63, 3.8) is 0 Å². The third kappa shape index (κ3) is 3.83. The fourth-order valence-corrected chi connectivity index (χ4v) is 2.87. The van der Waals surface area contributed by atoms with Gasteiger partial charge in [-0.15, -0.1) is 0 Å². The van der Waals surface area contributed by atoms with Crippen molar-refractivity contribution >= 4 is 16.7 Å². The van der Waals surface area contributed by atoms with Gasteiger partial charge in [-0.25, -0.2) is 4.63 Å². The van der Waals surface area contributed by atoms with E-state index < -0.39 is 0 Å². The van der Waals surface area contributed by atoms with Crippen molar-refractivity contribution in [2.45, 2.75) is 6.92 Å². The molecule has 0 aliphatic heterocycles. The lowest BCUT2D eigenvalue weighted by atomic mass is 10.0. The maximum absolute atomic E-state index is 12.4. The molecule has 0 aliphatic carbocycles. The van der Waals surface area contributed by atoms with Crippen molar-refractivity contribution in [1.29, 1.82) is 0 Å². The highest BCUT2D eigenvalue weighted by Crippen LogP contribution is 2.24. The first-order valence-electron chi connectivity index (χ1n) is 8.85. The molecule has 0 bridgehead atoms. The van der Waals surface area contributed by atoms with Gasteiger partial charge in [0.2, 0.25) is 0 Å². The van der Waals surface area contributed by atoms with Crippen molar-refractivity contribution in [3.05, 3.63) is 72.2 Å². The van der Waals surface area contributed by atoms with Crippen LogP contribution in [0, 0.1) is 6.92 Å². The first-order chi connectivity index (χ1) is 13.7. The number of aromatic nitrogens is 3. The number of hydrogen-bond acceptors (Lipinski definition) is 6. The lowest BCUT2D eigenvalue weighted by molar-refractivity contribution is 0.0946. The maximum atomic E-state index is 12.4. The van der Waals surface area contributed by atoms with Crippen LogP contribution in [0.1, 0.15) is 16.1 Å². The minimum Gasteiger partial charge on any atom is -0.472 e. The average molecular weight is 374 g/mol. The van der Waals surface area contributed by atoms with Crippen LogP contribution < -0.4 is 10.1 Å². The lowest BCUT2D eigenvalue weighted by Gasteiger charge is -2.08. The predicted molar refractivity (Wildman–Crippen MR) is 104 cm³/mol. The Labute approximate surface area is 161 Å². The van der Waals surface area contributed by atoms with Crippen molar-refractivity contribution in [2.75, 3.05) is 13.2 Å². The summed E-state index contributed by atoms with van der Waals surface area (Å²) >= 11 is 0. The smallest absolute Gasteiger partial charge is 0.278 e. The van der Waals surface area contributed by atoms with Crippen molar-refractivity contribution in [1.82, 2.24) is 20.6 Å². The molecule has 0 atom stereocenters. The molecule has 2 heterocycles. The van der Waals surface area contributed by atoms with E-state index in [2.05, 4.69) is 31.3 Å². The first-order valence-corrected chi connectivity index (χ1v) is 8.85. The van der Waals surface area contributed by atoms with Crippen LogP contribution in [0.4, 0.5) is 0 Å². The van der Waals surface area contributed by atoms with Gasteiger partial charge in [0.1, 0.15) is 12.3 Å². The van der Waals surface area contributed by atoms with E-state index in [1.165, 1.54) is 0 Å². The molecule has 140 valence electrons. The fourth-order valence-electron chi connectivity index (χ4n) is 2.87. The number of nitrogens with one attached hydrogen (secondary N) is 1. The molecule has 4 rings (SSSR count). The van der Waals surface area contributed by atoms with Gasteiger partial charge in [-0.2, -0.15) is 0 Å². The molecule has 7 heteroatoms. The number of rotatable bonds is 6. The van der Waals surface area contributed by atoms with Crippen LogP contribution in [0.5, 0.6) is 5.88 Å². The number of ether oxygens (including phenoxy) is 1. The second-order valence-electron chi connectivity index (χ2n) is 6.28. The SMILES string of the molecule is Cc1nonc1OCCNC(=O)c1ccc2cc(-c3cccnc3)ccc2c1. The standard InChI is InChI=1S/C21H18N4O3/c1-14-21(25-28-24-14)27-10-9-23-20(26)18-7-6-15-11-17(5-4-16(15)12-18)19-3-2-8-22-13-19/h2-8,11-13H,9-10H2,1H3,(H,23,26). The molecule has 0 radical (unpaired) electrons. The molecule has 0 saturated heterocycles. The number of carbonyl (C=O) groups is 1. The predicted octanol–water partition coefficient (Wildman–Crippen LogP) is 3.40. The summed E-state index contributed by atoms with van der Waals surface area (Å²) in [6, 6.07) is 15.7. The van der Waals surface area contributed by atoms with Gasteiger partial charge in [0, 0.05) is 23.5 Å². The third-order valence-electron chi connectivity index (χ3n) is 4.33. The Bertz CT molecular complexity index is 1110. The minimum atomic E-state index is -0.156. The summed E-state index contributed by atoms with van der Waals surface area (Å²) in [5.41, 5.74) is 3.32. The molecule has 4 aromatic rings. The van der Waals surface area contributed by atoms with Gasteiger partial charge in [-0.05, 0) is 52.7 Å². The summed E-state index contributed by atoms with van der Waals surface area (Å²) in [4.78, 5) is 16.5. The van der Waals surface area contributed by atoms with Crippen LogP contribution >= 0.6 is 0 Å². The second-order valence-corrected chi connectivity index (χ2v) is 6.28. The zero-order valence-corrected chi connectivity index (χ0v) is 15.3. The van der Waals surface area contributed by atoms with E-state index >= 15 is 0 Å². The van der Waals surface area contributed by atoms with E-state index in [1.807, 2.05) is 48.7 Å². The van der Waals surface area contributed by atoms with Gasteiger partial charge in [0.25, 0.3) is 11.8 Å². The third-order valence-corrected chi connectivity index (χ3v) is 4.33. The number of pyridine rings is 1. The van der Waals surface area contributed by atoms with E-state index in [0.29, 0.717) is 23.7 Å². The molecular formula is C21H18N4O3. The number of carbonyl (C=O) groups excluding carboxylic acids is 1. The van der Waals surface area contributed by atoms with Crippen LogP contribution in [0.2, 0.25) is 0 Å². The maximum Gasteiger partial charge on any atom is 0.278 e. The van der Waals surface area contributed by atoms with Crippen LogP contribution in [0.25, 0.3) is 21.9 Å². The summed E-state index contributed by atoms with van der Waals surface area (Å²) in [7, 11) is 0. The van der Waals surface area contributed by atoms with Crippen molar-refractivity contribution in [2.24, 2.45) is 0 Å². The summed E-state index contributed by atoms with van der Waals surface area (Å²) in [6.45, 7) is 2.37. The number of nitrogens with zero attached hydrogens (tertiary/aromatic N) is 3. The van der Waals surface area contributed by atoms with Crippen molar-refractivity contribution < 1.29 is 14.2 Å². The van der Waals surface area contributed by atoms with Gasteiger partial charge in [0.15, 0.2) is 0 Å². The summed E-state index contributed by atoms with van der Waals surface area (Å²) < 4.78 is 9.96. The molecular weight excluding hydrogens is 356 g/mol. The van der Waals surface area contributed by atoms with Crippen LogP contribution in [0.15, 0.2) is 65.6 Å². The normalized spacial score (nSPS) is 10.8. The highest BCUT2D eigenvalue weighted by atomic mass is 16.6. The Hall–Kier alpha value is -3.74. The van der Waals surface area contributed by atoms with Gasteiger partial charge >= 0.3 is 0 Å². The molecule has 7 nitrogen and oxygen atoms in total. The van der Waals surface area contributed by atoms with Crippen LogP contribution in [0.3, 0.4) is 0 Å². The second kappa shape index (κ2) is 7.87. The topological polar surface area (TPSA) is 90.1 Å². The Morgan fingerprint density at radius 3 is 2.71 bits per heavy atom. The highest BCUT2D eigenvalue weighted by Gasteiger charge is 2.09. The number of aryl methyl sites for hydroxylation is 1. The average Bonchev–Trinajstić information content (AvgIpc) is 3.15. The van der Waals surface area contributed by atoms with Gasteiger partial charge in [0.05, 0.1) is 6.54 Å². The van der Waals surface area contributed by atoms with Crippen molar-refractivity contribution in [3.8, 4) is 17.0 Å². The van der Waals surface area contributed by atoms with E-state index in [1.54, 1.807) is 13.1 Å². The number of fused-ring (bicyclic) bond motifs is 1. The van der Waals surface area contributed by atoms with Gasteiger partial charge in [-0.1, -0.05) is 29.4 Å². The van der Waals surface area contributed by atoms with E-state index in [-0.39, 0.29) is 12.5 Å². The largest absolute Gasteiger partial charge is 0.472 e. The molecule has 28 heavy (non-hydrogen) atoms. The number of hydrogen-bond donors (Lipinski definition) is 1. The fraction of sp³-hybridized carbons (Fsp3) is 0.143. The molecule has 0 spiro atoms.